The summed E-state index contributed by atoms with van der Waals surface area (Å²) in [6.07, 6.45) is 1.58. The number of hydrogen-bond acceptors (Lipinski definition) is 8. The molecule has 8 heteroatoms. The Morgan fingerprint density at radius 1 is 0.946 bits per heavy atom. The fraction of sp³-hybridized carbons (Fsp3) is 0.138. The van der Waals surface area contributed by atoms with Gasteiger partial charge in [-0.3, -0.25) is 4.79 Å². The first-order valence-electron chi connectivity index (χ1n) is 11.5. The number of Topliss-reactive ketones (excluding diaryl/α,β-unsaturated/α-hetero) is 1. The van der Waals surface area contributed by atoms with Gasteiger partial charge in [-0.15, -0.1) is 0 Å². The van der Waals surface area contributed by atoms with Gasteiger partial charge in [0.25, 0.3) is 0 Å². The highest BCUT2D eigenvalue weighted by atomic mass is 16.5. The minimum atomic E-state index is -0.601. The van der Waals surface area contributed by atoms with Crippen molar-refractivity contribution in [2.75, 3.05) is 13.7 Å². The summed E-state index contributed by atoms with van der Waals surface area (Å²) >= 11 is 0. The van der Waals surface area contributed by atoms with E-state index < -0.39 is 11.9 Å². The predicted molar refractivity (Wildman–Crippen MR) is 134 cm³/mol. The number of carbonyl (C=O) groups excluding carboxylic acids is 3. The Bertz CT molecular complexity index is 1570. The Morgan fingerprint density at radius 2 is 1.70 bits per heavy atom. The number of ether oxygens (including phenoxy) is 4. The summed E-state index contributed by atoms with van der Waals surface area (Å²) in [7, 11) is 1.31. The first kappa shape index (κ1) is 23.9. The lowest BCUT2D eigenvalue weighted by Crippen LogP contribution is -2.09. The lowest BCUT2D eigenvalue weighted by molar-refractivity contribution is 0.0600. The van der Waals surface area contributed by atoms with Crippen LogP contribution in [-0.2, 0) is 4.74 Å². The van der Waals surface area contributed by atoms with Gasteiger partial charge in [-0.1, -0.05) is 12.1 Å². The second-order valence-corrected chi connectivity index (χ2v) is 8.23. The average Bonchev–Trinajstić information content (AvgIpc) is 3.38. The number of benzene rings is 3. The van der Waals surface area contributed by atoms with Crippen LogP contribution in [-0.4, -0.2) is 31.4 Å². The van der Waals surface area contributed by atoms with E-state index in [1.807, 2.05) is 6.92 Å². The van der Waals surface area contributed by atoms with Crippen molar-refractivity contribution in [1.29, 1.82) is 0 Å². The van der Waals surface area contributed by atoms with Crippen LogP contribution < -0.4 is 14.2 Å². The van der Waals surface area contributed by atoms with Crippen LogP contribution in [0.2, 0.25) is 0 Å². The summed E-state index contributed by atoms with van der Waals surface area (Å²) in [6, 6.07) is 16.4. The van der Waals surface area contributed by atoms with Crippen molar-refractivity contribution in [3.05, 3.63) is 94.4 Å². The Morgan fingerprint density at radius 3 is 2.43 bits per heavy atom. The van der Waals surface area contributed by atoms with Crippen molar-refractivity contribution in [2.45, 2.75) is 13.8 Å². The number of carbonyl (C=O) groups is 3. The molecular formula is C29H22O8. The van der Waals surface area contributed by atoms with Crippen LogP contribution >= 0.6 is 0 Å². The molecule has 0 saturated carbocycles. The molecule has 37 heavy (non-hydrogen) atoms. The minimum Gasteiger partial charge on any atom is -0.494 e. The molecule has 0 spiro atoms. The summed E-state index contributed by atoms with van der Waals surface area (Å²) in [6.45, 7) is 4.06. The number of aryl methyl sites for hydroxylation is 1. The summed E-state index contributed by atoms with van der Waals surface area (Å²) in [4.78, 5) is 37.5. The molecule has 1 aliphatic heterocycles. The first-order valence-corrected chi connectivity index (χ1v) is 11.5. The first-order chi connectivity index (χ1) is 17.9. The molecule has 0 amide bonds. The predicted octanol–water partition coefficient (Wildman–Crippen LogP) is 5.76. The quantitative estimate of drug-likeness (QED) is 0.188. The lowest BCUT2D eigenvalue weighted by atomic mass is 10.1. The maximum absolute atomic E-state index is 13.1. The summed E-state index contributed by atoms with van der Waals surface area (Å²) in [5.41, 5.74) is 2.26. The monoisotopic (exact) mass is 498 g/mol. The number of rotatable bonds is 6. The number of allylic oxidation sites excluding steroid dienone is 1. The Hall–Kier alpha value is -4.85. The summed E-state index contributed by atoms with van der Waals surface area (Å²) in [5.74, 6) is 0.300. The molecule has 0 unspecified atom stereocenters. The molecule has 4 aromatic rings. The van der Waals surface area contributed by atoms with E-state index in [1.165, 1.54) is 19.2 Å². The second-order valence-electron chi connectivity index (χ2n) is 8.23. The molecule has 2 heterocycles. The van der Waals surface area contributed by atoms with Crippen LogP contribution in [0.4, 0.5) is 0 Å². The maximum atomic E-state index is 13.1. The van der Waals surface area contributed by atoms with Crippen molar-refractivity contribution in [3.63, 3.8) is 0 Å². The van der Waals surface area contributed by atoms with Gasteiger partial charge in [-0.2, -0.15) is 0 Å². The Balaban J connectivity index is 1.37. The molecule has 0 saturated heterocycles. The average molecular weight is 498 g/mol. The molecule has 1 aromatic heterocycles. The van der Waals surface area contributed by atoms with Gasteiger partial charge in [-0.05, 0) is 68.0 Å². The normalized spacial score (nSPS) is 13.4. The topological polar surface area (TPSA) is 101 Å². The van der Waals surface area contributed by atoms with E-state index in [9.17, 15) is 14.4 Å². The molecule has 0 N–H and O–H groups in total. The van der Waals surface area contributed by atoms with Crippen molar-refractivity contribution < 1.29 is 37.7 Å². The van der Waals surface area contributed by atoms with E-state index in [2.05, 4.69) is 0 Å². The molecule has 8 nitrogen and oxygen atoms in total. The van der Waals surface area contributed by atoms with Gasteiger partial charge in [0.2, 0.25) is 5.78 Å². The largest absolute Gasteiger partial charge is 0.494 e. The van der Waals surface area contributed by atoms with Crippen molar-refractivity contribution >= 4 is 34.8 Å². The highest BCUT2D eigenvalue weighted by molar-refractivity contribution is 6.14. The molecule has 186 valence electrons. The van der Waals surface area contributed by atoms with Crippen LogP contribution in [0.15, 0.2) is 70.8 Å². The number of ketones is 1. The van der Waals surface area contributed by atoms with Crippen LogP contribution in [0.1, 0.15) is 49.3 Å². The van der Waals surface area contributed by atoms with E-state index in [4.69, 9.17) is 23.4 Å². The van der Waals surface area contributed by atoms with Gasteiger partial charge in [0, 0.05) is 11.5 Å². The fourth-order valence-electron chi connectivity index (χ4n) is 4.08. The molecular weight excluding hydrogens is 476 g/mol. The smallest absolute Gasteiger partial charge is 0.347 e. The van der Waals surface area contributed by atoms with Crippen molar-refractivity contribution in [1.82, 2.24) is 0 Å². The Labute approximate surface area is 212 Å². The molecule has 0 atom stereocenters. The van der Waals surface area contributed by atoms with Crippen LogP contribution in [0, 0.1) is 6.92 Å². The van der Waals surface area contributed by atoms with E-state index in [0.29, 0.717) is 51.3 Å². The number of fused-ring (bicyclic) bond motifs is 2. The maximum Gasteiger partial charge on any atom is 0.347 e. The van der Waals surface area contributed by atoms with Gasteiger partial charge in [0.15, 0.2) is 5.76 Å². The molecule has 0 fully saturated rings. The van der Waals surface area contributed by atoms with Gasteiger partial charge < -0.3 is 23.4 Å². The summed E-state index contributed by atoms with van der Waals surface area (Å²) < 4.78 is 27.3. The van der Waals surface area contributed by atoms with Crippen LogP contribution in [0.3, 0.4) is 0 Å². The van der Waals surface area contributed by atoms with Crippen LogP contribution in [0.5, 0.6) is 17.2 Å². The van der Waals surface area contributed by atoms with E-state index in [1.54, 1.807) is 61.5 Å². The van der Waals surface area contributed by atoms with Gasteiger partial charge in [0.05, 0.1) is 24.8 Å². The SMILES string of the molecule is CCOc1ccc2oc(C)c(C(=O)Oc3ccc4c(c3)OC(=Cc3ccc(C(=O)OC)cc3)C4=O)c2c1. The van der Waals surface area contributed by atoms with E-state index >= 15 is 0 Å². The molecule has 0 bridgehead atoms. The van der Waals surface area contributed by atoms with Gasteiger partial charge >= 0.3 is 11.9 Å². The molecule has 5 rings (SSSR count). The summed E-state index contributed by atoms with van der Waals surface area (Å²) in [5, 5.41) is 0.587. The number of hydrogen-bond donors (Lipinski definition) is 0. The molecule has 1 aliphatic rings. The third kappa shape index (κ3) is 4.56. The fourth-order valence-corrected chi connectivity index (χ4v) is 4.08. The van der Waals surface area contributed by atoms with Crippen molar-refractivity contribution in [2.24, 2.45) is 0 Å². The molecule has 3 aromatic carbocycles. The zero-order valence-corrected chi connectivity index (χ0v) is 20.3. The standard InChI is InChI=1S/C29H22O8/c1-4-34-19-10-12-23-22(14-19)26(16(2)35-23)29(32)36-20-9-11-21-24(15-20)37-25(27(21)30)13-17-5-7-18(8-6-17)28(31)33-3/h5-15H,4H2,1-3H3. The second kappa shape index (κ2) is 9.66. The van der Waals surface area contributed by atoms with Crippen LogP contribution in [0.25, 0.3) is 17.0 Å². The Kier molecular flexibility index (Phi) is 6.23. The number of esters is 2. The number of methoxy groups -OCH3 is 1. The highest BCUT2D eigenvalue weighted by Crippen LogP contribution is 2.36. The zero-order valence-electron chi connectivity index (χ0n) is 20.3. The zero-order chi connectivity index (χ0) is 26.1. The molecule has 0 aliphatic carbocycles. The van der Waals surface area contributed by atoms with Gasteiger partial charge in [-0.25, -0.2) is 9.59 Å². The number of furan rings is 1. The van der Waals surface area contributed by atoms with E-state index in [0.717, 1.165) is 0 Å². The minimum absolute atomic E-state index is 0.115. The molecule has 0 radical (unpaired) electrons. The third-order valence-electron chi connectivity index (χ3n) is 5.83. The lowest BCUT2D eigenvalue weighted by Gasteiger charge is -2.06. The third-order valence-corrected chi connectivity index (χ3v) is 5.83. The highest BCUT2D eigenvalue weighted by Gasteiger charge is 2.29. The van der Waals surface area contributed by atoms with Gasteiger partial charge in [0.1, 0.15) is 34.2 Å². The van der Waals surface area contributed by atoms with Crippen molar-refractivity contribution in [3.8, 4) is 17.2 Å². The van der Waals surface area contributed by atoms with E-state index in [-0.39, 0.29) is 23.0 Å².